The SMILES string of the molecule is O=C(NCC(F)(F)F)C1CCCN1S(=O)(=O)N1CCc2ccccc2C1. The lowest BCUT2D eigenvalue weighted by Crippen LogP contribution is -2.52. The van der Waals surface area contributed by atoms with Crippen LogP contribution < -0.4 is 5.32 Å². The van der Waals surface area contributed by atoms with Crippen molar-refractivity contribution in [3.05, 3.63) is 35.4 Å². The summed E-state index contributed by atoms with van der Waals surface area (Å²) in [6.07, 6.45) is -3.32. The summed E-state index contributed by atoms with van der Waals surface area (Å²) in [4.78, 5) is 12.1. The maximum Gasteiger partial charge on any atom is 0.405 e. The van der Waals surface area contributed by atoms with Crippen LogP contribution >= 0.6 is 0 Å². The Morgan fingerprint density at radius 3 is 2.58 bits per heavy atom. The van der Waals surface area contributed by atoms with Crippen molar-refractivity contribution in [1.82, 2.24) is 13.9 Å². The molecule has 2 aliphatic heterocycles. The molecule has 1 atom stereocenters. The summed E-state index contributed by atoms with van der Waals surface area (Å²) in [5, 5.41) is 1.80. The van der Waals surface area contributed by atoms with Gasteiger partial charge < -0.3 is 5.32 Å². The van der Waals surface area contributed by atoms with Crippen molar-refractivity contribution in [2.24, 2.45) is 0 Å². The first-order valence-corrected chi connectivity index (χ1v) is 9.76. The van der Waals surface area contributed by atoms with E-state index in [0.29, 0.717) is 12.8 Å². The Morgan fingerprint density at radius 2 is 1.88 bits per heavy atom. The van der Waals surface area contributed by atoms with Crippen molar-refractivity contribution in [2.75, 3.05) is 19.6 Å². The van der Waals surface area contributed by atoms with Gasteiger partial charge in [-0.15, -0.1) is 0 Å². The highest BCUT2D eigenvalue weighted by atomic mass is 32.2. The molecule has 2 aliphatic rings. The van der Waals surface area contributed by atoms with Gasteiger partial charge in [-0.2, -0.15) is 30.2 Å². The van der Waals surface area contributed by atoms with E-state index in [1.54, 1.807) is 5.32 Å². The molecule has 0 spiro atoms. The summed E-state index contributed by atoms with van der Waals surface area (Å²) >= 11 is 0. The second-order valence-electron chi connectivity index (χ2n) is 6.46. The molecule has 1 aromatic rings. The number of nitrogens with one attached hydrogen (secondary N) is 1. The Morgan fingerprint density at radius 1 is 1.19 bits per heavy atom. The number of alkyl halides is 3. The molecule has 3 rings (SSSR count). The quantitative estimate of drug-likeness (QED) is 0.844. The lowest BCUT2D eigenvalue weighted by atomic mass is 10.0. The topological polar surface area (TPSA) is 69.7 Å². The van der Waals surface area contributed by atoms with E-state index < -0.39 is 34.9 Å². The van der Waals surface area contributed by atoms with Crippen molar-refractivity contribution in [3.63, 3.8) is 0 Å². The first-order valence-electron chi connectivity index (χ1n) is 8.36. The molecule has 0 aliphatic carbocycles. The predicted octanol–water partition coefficient (Wildman–Crippen LogP) is 1.43. The number of carbonyl (C=O) groups is 1. The normalized spacial score (nSPS) is 22.2. The third-order valence-electron chi connectivity index (χ3n) is 4.69. The second-order valence-corrected chi connectivity index (χ2v) is 8.34. The molecule has 6 nitrogen and oxygen atoms in total. The van der Waals surface area contributed by atoms with Crippen LogP contribution in [0.4, 0.5) is 13.2 Å². The monoisotopic (exact) mass is 391 g/mol. The number of hydrogen-bond donors (Lipinski definition) is 1. The number of hydrogen-bond acceptors (Lipinski definition) is 3. The number of amides is 1. The molecule has 1 fully saturated rings. The fraction of sp³-hybridized carbons (Fsp3) is 0.562. The molecule has 1 N–H and O–H groups in total. The first-order chi connectivity index (χ1) is 12.2. The summed E-state index contributed by atoms with van der Waals surface area (Å²) < 4.78 is 65.2. The van der Waals surface area contributed by atoms with Crippen LogP contribution in [0.5, 0.6) is 0 Å². The maximum atomic E-state index is 13.0. The van der Waals surface area contributed by atoms with E-state index in [1.807, 2.05) is 24.3 Å². The molecule has 10 heteroatoms. The van der Waals surface area contributed by atoms with E-state index in [4.69, 9.17) is 0 Å². The lowest BCUT2D eigenvalue weighted by Gasteiger charge is -2.33. The highest BCUT2D eigenvalue weighted by Crippen LogP contribution is 2.28. The van der Waals surface area contributed by atoms with Gasteiger partial charge in [0.1, 0.15) is 12.6 Å². The molecule has 1 unspecified atom stereocenters. The van der Waals surface area contributed by atoms with E-state index >= 15 is 0 Å². The van der Waals surface area contributed by atoms with E-state index in [2.05, 4.69) is 0 Å². The van der Waals surface area contributed by atoms with Crippen LogP contribution in [0.15, 0.2) is 24.3 Å². The fourth-order valence-corrected chi connectivity index (χ4v) is 5.20. The predicted molar refractivity (Wildman–Crippen MR) is 88.3 cm³/mol. The van der Waals surface area contributed by atoms with Gasteiger partial charge in [0, 0.05) is 19.6 Å². The average Bonchev–Trinajstić information content (AvgIpc) is 3.09. The van der Waals surface area contributed by atoms with Crippen molar-refractivity contribution in [2.45, 2.75) is 38.0 Å². The van der Waals surface area contributed by atoms with Crippen LogP contribution in [0, 0.1) is 0 Å². The molecule has 2 heterocycles. The largest absolute Gasteiger partial charge is 0.405 e. The summed E-state index contributed by atoms with van der Waals surface area (Å²) in [6.45, 7) is -0.851. The maximum absolute atomic E-state index is 13.0. The Labute approximate surface area is 150 Å². The molecule has 1 aromatic carbocycles. The van der Waals surface area contributed by atoms with Crippen molar-refractivity contribution in [1.29, 1.82) is 0 Å². The van der Waals surface area contributed by atoms with Gasteiger partial charge in [-0.3, -0.25) is 4.79 Å². The van der Waals surface area contributed by atoms with Crippen LogP contribution in [0.1, 0.15) is 24.0 Å². The number of halogens is 3. The van der Waals surface area contributed by atoms with Crippen LogP contribution in [0.2, 0.25) is 0 Å². The summed E-state index contributed by atoms with van der Waals surface area (Å²) in [5.74, 6) is -0.902. The highest BCUT2D eigenvalue weighted by molar-refractivity contribution is 7.86. The third-order valence-corrected chi connectivity index (χ3v) is 6.68. The van der Waals surface area contributed by atoms with Crippen molar-refractivity contribution in [3.8, 4) is 0 Å². The van der Waals surface area contributed by atoms with Gasteiger partial charge in [-0.1, -0.05) is 24.3 Å². The van der Waals surface area contributed by atoms with E-state index in [1.165, 1.54) is 4.31 Å². The van der Waals surface area contributed by atoms with Crippen LogP contribution in [0.25, 0.3) is 0 Å². The molecule has 26 heavy (non-hydrogen) atoms. The van der Waals surface area contributed by atoms with Crippen LogP contribution in [-0.4, -0.2) is 54.8 Å². The highest BCUT2D eigenvalue weighted by Gasteiger charge is 2.43. The number of rotatable bonds is 4. The molecule has 144 valence electrons. The minimum absolute atomic E-state index is 0.130. The van der Waals surface area contributed by atoms with E-state index in [0.717, 1.165) is 15.4 Å². The standard InChI is InChI=1S/C16H20F3N3O3S/c17-16(18,19)11-20-15(23)14-6-3-8-22(14)26(24,25)21-9-7-12-4-1-2-5-13(12)10-21/h1-2,4-5,14H,3,6-11H2,(H,20,23). The zero-order valence-corrected chi connectivity index (χ0v) is 14.8. The molecule has 1 amide bonds. The van der Waals surface area contributed by atoms with E-state index in [9.17, 15) is 26.4 Å². The van der Waals surface area contributed by atoms with Crippen molar-refractivity contribution < 1.29 is 26.4 Å². The van der Waals surface area contributed by atoms with Gasteiger partial charge in [0.05, 0.1) is 0 Å². The number of benzene rings is 1. The van der Waals surface area contributed by atoms with Gasteiger partial charge in [0.2, 0.25) is 5.91 Å². The number of carbonyl (C=O) groups excluding carboxylic acids is 1. The minimum atomic E-state index is -4.53. The molecule has 0 aromatic heterocycles. The smallest absolute Gasteiger partial charge is 0.346 e. The number of nitrogens with zero attached hydrogens (tertiary/aromatic N) is 2. The molecule has 1 saturated heterocycles. The Bertz CT molecular complexity index is 782. The second kappa shape index (κ2) is 7.16. The van der Waals surface area contributed by atoms with Gasteiger partial charge in [-0.05, 0) is 30.4 Å². The van der Waals surface area contributed by atoms with Gasteiger partial charge in [0.25, 0.3) is 10.2 Å². The first kappa shape index (κ1) is 19.1. The average molecular weight is 391 g/mol. The Kier molecular flexibility index (Phi) is 5.27. The fourth-order valence-electron chi connectivity index (χ4n) is 3.40. The van der Waals surface area contributed by atoms with Gasteiger partial charge in [-0.25, -0.2) is 0 Å². The number of fused-ring (bicyclic) bond motifs is 1. The van der Waals surface area contributed by atoms with Crippen LogP contribution in [0.3, 0.4) is 0 Å². The van der Waals surface area contributed by atoms with Crippen molar-refractivity contribution >= 4 is 16.1 Å². The Hall–Kier alpha value is -1.65. The van der Waals surface area contributed by atoms with Gasteiger partial charge in [0.15, 0.2) is 0 Å². The molecular weight excluding hydrogens is 371 g/mol. The third kappa shape index (κ3) is 4.02. The molecular formula is C16H20F3N3O3S. The summed E-state index contributed by atoms with van der Waals surface area (Å²) in [7, 11) is -3.93. The van der Waals surface area contributed by atoms with Crippen LogP contribution in [-0.2, 0) is 28.0 Å². The van der Waals surface area contributed by atoms with E-state index in [-0.39, 0.29) is 26.1 Å². The van der Waals surface area contributed by atoms with Gasteiger partial charge >= 0.3 is 6.18 Å². The minimum Gasteiger partial charge on any atom is -0.346 e. The summed E-state index contributed by atoms with van der Waals surface area (Å²) in [5.41, 5.74) is 1.99. The molecule has 0 saturated carbocycles. The molecule has 0 radical (unpaired) electrons. The lowest BCUT2D eigenvalue weighted by molar-refractivity contribution is -0.140. The molecule has 0 bridgehead atoms. The zero-order valence-electron chi connectivity index (χ0n) is 14.0. The summed E-state index contributed by atoms with van der Waals surface area (Å²) in [6, 6.07) is 6.43. The zero-order chi connectivity index (χ0) is 18.9. The Balaban J connectivity index is 1.73.